The van der Waals surface area contributed by atoms with Crippen molar-refractivity contribution >= 4 is 37.2 Å². The third-order valence-electron chi connectivity index (χ3n) is 2.67. The zero-order valence-electron chi connectivity index (χ0n) is 10.1. The molecule has 4 N–H and O–H groups in total. The van der Waals surface area contributed by atoms with Gasteiger partial charge < -0.3 is 24.4 Å². The second-order valence-electron chi connectivity index (χ2n) is 4.32. The van der Waals surface area contributed by atoms with Gasteiger partial charge in [0.25, 0.3) is 11.5 Å². The Morgan fingerprint density at radius 1 is 1.52 bits per heavy atom. The number of hydrogen-bond acceptors (Lipinski definition) is 6. The number of aromatic nitrogens is 2. The van der Waals surface area contributed by atoms with Crippen LogP contribution in [0.2, 0.25) is 0 Å². The summed E-state index contributed by atoms with van der Waals surface area (Å²) in [6.45, 7) is -0.151. The summed E-state index contributed by atoms with van der Waals surface area (Å²) in [5.41, 5.74) is -1.49. The van der Waals surface area contributed by atoms with E-state index in [1.165, 1.54) is 0 Å². The fraction of sp³-hybridized carbons (Fsp3) is 0.556. The van der Waals surface area contributed by atoms with Crippen molar-refractivity contribution in [3.8, 4) is 0 Å². The van der Waals surface area contributed by atoms with Gasteiger partial charge in [0.1, 0.15) is 6.35 Å². The summed E-state index contributed by atoms with van der Waals surface area (Å²) in [5.74, 6) is -2.03. The van der Waals surface area contributed by atoms with Gasteiger partial charge in [0.2, 0.25) is 0 Å². The van der Waals surface area contributed by atoms with Gasteiger partial charge in [-0.05, 0) is 0 Å². The van der Waals surface area contributed by atoms with E-state index in [2.05, 4.69) is 0 Å². The van der Waals surface area contributed by atoms with Crippen LogP contribution < -0.4 is 11.2 Å². The topological polar surface area (TPSA) is 151 Å². The molecular formula is C9H14N2NaO8P. The van der Waals surface area contributed by atoms with Crippen molar-refractivity contribution in [1.29, 1.82) is 0 Å². The van der Waals surface area contributed by atoms with Crippen LogP contribution in [-0.2, 0) is 19.9 Å². The van der Waals surface area contributed by atoms with Crippen molar-refractivity contribution in [2.45, 2.75) is 18.4 Å². The van der Waals surface area contributed by atoms with E-state index in [0.717, 1.165) is 16.8 Å². The molecule has 1 aromatic heterocycles. The van der Waals surface area contributed by atoms with Crippen LogP contribution in [0.3, 0.4) is 0 Å². The molecule has 0 saturated carbocycles. The van der Waals surface area contributed by atoms with Crippen LogP contribution in [0.4, 0.5) is 0 Å². The molecule has 0 radical (unpaired) electrons. The van der Waals surface area contributed by atoms with Gasteiger partial charge in [-0.3, -0.25) is 14.3 Å². The molecule has 1 aliphatic rings. The predicted molar refractivity (Wildman–Crippen MR) is 71.0 cm³/mol. The van der Waals surface area contributed by atoms with Crippen LogP contribution >= 0.6 is 7.60 Å². The minimum absolute atomic E-state index is 0. The first-order valence-electron chi connectivity index (χ1n) is 5.55. The van der Waals surface area contributed by atoms with Gasteiger partial charge in [0.05, 0.1) is 19.1 Å². The summed E-state index contributed by atoms with van der Waals surface area (Å²) in [4.78, 5) is 41.8. The first kappa shape index (κ1) is 18.8. The van der Waals surface area contributed by atoms with E-state index < -0.39 is 37.2 Å². The molecule has 12 heteroatoms. The first-order valence-corrected chi connectivity index (χ1v) is 7.34. The van der Waals surface area contributed by atoms with E-state index in [9.17, 15) is 19.3 Å². The van der Waals surface area contributed by atoms with Gasteiger partial charge >= 0.3 is 42.8 Å². The number of rotatable bonds is 4. The van der Waals surface area contributed by atoms with Crippen molar-refractivity contribution in [2.24, 2.45) is 0 Å². The maximum atomic E-state index is 11.6. The van der Waals surface area contributed by atoms with Crippen molar-refractivity contribution < 1.29 is 28.9 Å². The van der Waals surface area contributed by atoms with Crippen molar-refractivity contribution in [3.63, 3.8) is 0 Å². The first-order chi connectivity index (χ1) is 9.20. The molecule has 1 saturated heterocycles. The molecule has 1 aliphatic heterocycles. The molecule has 21 heavy (non-hydrogen) atoms. The second-order valence-corrected chi connectivity index (χ2v) is 5.91. The SMILES string of the molecule is O=c1ccn(C2(O)C[C@@H](OCP(=O)(O)O)CO2)c(=O)[nH]1.[NaH]. The Kier molecular flexibility index (Phi) is 6.13. The average Bonchev–Trinajstić information content (AvgIpc) is 2.68. The summed E-state index contributed by atoms with van der Waals surface area (Å²) in [6, 6.07) is 1.03. The Hall–Kier alpha value is -0.290. The Bertz CT molecular complexity index is 654. The Morgan fingerprint density at radius 2 is 2.19 bits per heavy atom. The number of nitrogens with zero attached hydrogens (tertiary/aromatic N) is 1. The minimum atomic E-state index is -4.32. The van der Waals surface area contributed by atoms with Crippen LogP contribution in [0, 0.1) is 0 Å². The molecule has 0 amide bonds. The van der Waals surface area contributed by atoms with E-state index in [1.807, 2.05) is 4.98 Å². The summed E-state index contributed by atoms with van der Waals surface area (Å²) in [5, 5.41) is 10.2. The molecule has 0 aromatic carbocycles. The molecule has 2 rings (SSSR count). The normalized spacial score (nSPS) is 25.6. The number of aromatic amines is 1. The van der Waals surface area contributed by atoms with Crippen LogP contribution in [0.1, 0.15) is 6.42 Å². The molecule has 2 heterocycles. The van der Waals surface area contributed by atoms with Gasteiger partial charge in [-0.25, -0.2) is 9.36 Å². The standard InChI is InChI=1S/C9H13N2O8P.Na.H/c12-7-1-2-11(8(13)10-7)9(14)3-6(4-19-9)18-5-20(15,16)17;;/h1-2,6,14H,3-5H2,(H,10,12,13)(H2,15,16,17);;/t6-,9?;;/m1../s1. The third-order valence-corrected chi connectivity index (χ3v) is 3.16. The number of ether oxygens (including phenoxy) is 2. The van der Waals surface area contributed by atoms with E-state index in [0.29, 0.717) is 0 Å². The predicted octanol–water partition coefficient (Wildman–Crippen LogP) is -2.57. The molecule has 0 spiro atoms. The number of H-pyrrole nitrogens is 1. The van der Waals surface area contributed by atoms with Crippen LogP contribution in [-0.4, -0.2) is 73.1 Å². The molecule has 0 aliphatic carbocycles. The molecule has 0 bridgehead atoms. The van der Waals surface area contributed by atoms with Gasteiger partial charge in [-0.2, -0.15) is 0 Å². The van der Waals surface area contributed by atoms with E-state index >= 15 is 0 Å². The van der Waals surface area contributed by atoms with Crippen molar-refractivity contribution in [3.05, 3.63) is 33.1 Å². The molecule has 1 aromatic rings. The van der Waals surface area contributed by atoms with Crippen LogP contribution in [0.5, 0.6) is 0 Å². The van der Waals surface area contributed by atoms with Gasteiger partial charge in [0, 0.05) is 12.3 Å². The summed E-state index contributed by atoms with van der Waals surface area (Å²) < 4.78 is 21.4. The molecule has 1 unspecified atom stereocenters. The second kappa shape index (κ2) is 6.86. The van der Waals surface area contributed by atoms with Gasteiger partial charge in [0.15, 0.2) is 0 Å². The van der Waals surface area contributed by atoms with Crippen molar-refractivity contribution in [1.82, 2.24) is 9.55 Å². The van der Waals surface area contributed by atoms with E-state index in [-0.39, 0.29) is 42.6 Å². The Morgan fingerprint density at radius 3 is 2.76 bits per heavy atom. The third kappa shape index (κ3) is 4.85. The number of aliphatic hydroxyl groups is 1. The monoisotopic (exact) mass is 332 g/mol. The molecular weight excluding hydrogens is 318 g/mol. The number of nitrogens with one attached hydrogen (secondary N) is 1. The fourth-order valence-electron chi connectivity index (χ4n) is 1.81. The fourth-order valence-corrected chi connectivity index (χ4v) is 2.22. The quantitative estimate of drug-likeness (QED) is 0.347. The molecule has 114 valence electrons. The zero-order chi connectivity index (χ0) is 15.0. The zero-order valence-corrected chi connectivity index (χ0v) is 11.0. The summed E-state index contributed by atoms with van der Waals surface area (Å²) >= 11 is 0. The van der Waals surface area contributed by atoms with E-state index in [1.54, 1.807) is 0 Å². The Balaban J connectivity index is 0.00000220. The summed E-state index contributed by atoms with van der Waals surface area (Å²) in [6.07, 6.45) is -0.741. The van der Waals surface area contributed by atoms with Gasteiger partial charge in [-0.15, -0.1) is 0 Å². The summed E-state index contributed by atoms with van der Waals surface area (Å²) in [7, 11) is -4.32. The van der Waals surface area contributed by atoms with Crippen LogP contribution in [0.25, 0.3) is 0 Å². The Labute approximate surface area is 140 Å². The van der Waals surface area contributed by atoms with E-state index in [4.69, 9.17) is 19.3 Å². The van der Waals surface area contributed by atoms with Crippen molar-refractivity contribution in [2.75, 3.05) is 13.0 Å². The average molecular weight is 332 g/mol. The number of hydrogen-bond donors (Lipinski definition) is 4. The van der Waals surface area contributed by atoms with Gasteiger partial charge in [-0.1, -0.05) is 0 Å². The van der Waals surface area contributed by atoms with Crippen LogP contribution in [0.15, 0.2) is 21.9 Å². The molecule has 2 atom stereocenters. The molecule has 10 nitrogen and oxygen atoms in total. The molecule has 1 fully saturated rings. The maximum absolute atomic E-state index is 11.6.